The highest BCUT2D eigenvalue weighted by molar-refractivity contribution is 7.45. The van der Waals surface area contributed by atoms with Crippen LogP contribution in [0.4, 0.5) is 0 Å². The third-order valence-electron chi connectivity index (χ3n) is 11.0. The van der Waals surface area contributed by atoms with Crippen molar-refractivity contribution in [1.29, 1.82) is 0 Å². The van der Waals surface area contributed by atoms with Crippen LogP contribution in [0.25, 0.3) is 0 Å². The van der Waals surface area contributed by atoms with Gasteiger partial charge in [-0.3, -0.25) is 14.2 Å². The maximum atomic E-state index is 12.7. The van der Waals surface area contributed by atoms with Crippen LogP contribution in [-0.2, 0) is 32.7 Å². The third-order valence-corrected chi connectivity index (χ3v) is 12.0. The van der Waals surface area contributed by atoms with E-state index in [0.717, 1.165) is 116 Å². The van der Waals surface area contributed by atoms with Gasteiger partial charge >= 0.3 is 11.9 Å². The van der Waals surface area contributed by atoms with Crippen molar-refractivity contribution in [2.24, 2.45) is 0 Å². The van der Waals surface area contributed by atoms with Crippen molar-refractivity contribution < 1.29 is 42.1 Å². The van der Waals surface area contributed by atoms with Gasteiger partial charge in [-0.15, -0.1) is 0 Å². The fourth-order valence-corrected chi connectivity index (χ4v) is 7.58. The number of phosphoric acid groups is 1. The van der Waals surface area contributed by atoms with Gasteiger partial charge in [0, 0.05) is 12.8 Å². The quantitative estimate of drug-likeness (QED) is 0.0195. The Morgan fingerprint density at radius 2 is 0.826 bits per heavy atom. The second-order valence-electron chi connectivity index (χ2n) is 18.9. The predicted octanol–water partition coefficient (Wildman–Crippen LogP) is 16.0. The lowest BCUT2D eigenvalue weighted by Gasteiger charge is -2.28. The van der Waals surface area contributed by atoms with E-state index in [1.165, 1.54) is 44.9 Å². The van der Waals surface area contributed by atoms with Crippen LogP contribution in [0.3, 0.4) is 0 Å². The smallest absolute Gasteiger partial charge is 0.306 e. The van der Waals surface area contributed by atoms with Crippen LogP contribution in [0.15, 0.2) is 109 Å². The molecule has 9 nitrogen and oxygen atoms in total. The largest absolute Gasteiger partial charge is 0.756 e. The molecular weight excluding hydrogens is 882 g/mol. The first-order valence-electron chi connectivity index (χ1n) is 27.1. The van der Waals surface area contributed by atoms with E-state index in [1.54, 1.807) is 0 Å². The molecule has 0 amide bonds. The second kappa shape index (κ2) is 49.6. The summed E-state index contributed by atoms with van der Waals surface area (Å²) < 4.78 is 34.0. The lowest BCUT2D eigenvalue weighted by molar-refractivity contribution is -0.870. The SMILES string of the molecule is CC/C=C\C/C=C\C/C=C\C/C=C\C/C=C\C/C=C\C/C=C\C/C=C\CCCCCCCCCCCCC(=O)OC(COC(=O)CCCCCCC/C=C\CCC)COP(=O)([O-])OCC[N+](C)(C)C. The molecule has 0 aliphatic rings. The highest BCUT2D eigenvalue weighted by Crippen LogP contribution is 2.38. The van der Waals surface area contributed by atoms with E-state index >= 15 is 0 Å². The van der Waals surface area contributed by atoms with Crippen molar-refractivity contribution in [1.82, 2.24) is 0 Å². The summed E-state index contributed by atoms with van der Waals surface area (Å²) >= 11 is 0. The Morgan fingerprint density at radius 1 is 0.464 bits per heavy atom. The van der Waals surface area contributed by atoms with Crippen molar-refractivity contribution >= 4 is 19.8 Å². The van der Waals surface area contributed by atoms with Gasteiger partial charge in [0.2, 0.25) is 0 Å². The summed E-state index contributed by atoms with van der Waals surface area (Å²) in [6, 6.07) is 0. The van der Waals surface area contributed by atoms with Crippen molar-refractivity contribution in [2.45, 2.75) is 206 Å². The normalized spacial score (nSPS) is 14.2. The minimum atomic E-state index is -4.64. The molecule has 0 saturated carbocycles. The zero-order chi connectivity index (χ0) is 50.6. The fraction of sp³-hybridized carbons (Fsp3) is 0.661. The molecule has 394 valence electrons. The first kappa shape index (κ1) is 65.7. The van der Waals surface area contributed by atoms with Crippen LogP contribution in [0.2, 0.25) is 0 Å². The maximum absolute atomic E-state index is 12.7. The number of ether oxygens (including phenoxy) is 2. The Labute approximate surface area is 423 Å². The zero-order valence-corrected chi connectivity index (χ0v) is 45.4. The van der Waals surface area contributed by atoms with E-state index in [1.807, 2.05) is 21.1 Å². The van der Waals surface area contributed by atoms with Gasteiger partial charge < -0.3 is 27.9 Å². The van der Waals surface area contributed by atoms with Crippen molar-refractivity contribution in [3.63, 3.8) is 0 Å². The van der Waals surface area contributed by atoms with Crippen molar-refractivity contribution in [3.05, 3.63) is 109 Å². The summed E-state index contributed by atoms with van der Waals surface area (Å²) in [5, 5.41) is 0. The Bertz CT molecular complexity index is 1530. The zero-order valence-electron chi connectivity index (χ0n) is 44.5. The molecule has 0 aromatic heterocycles. The molecule has 2 unspecified atom stereocenters. The van der Waals surface area contributed by atoms with Crippen LogP contribution < -0.4 is 4.89 Å². The molecular formula is C59H100NO8P. The standard InChI is InChI=1S/C59H100NO8P/c1-6-8-10-12-14-16-18-19-20-21-22-23-24-25-26-27-28-29-30-31-32-33-34-35-36-37-38-39-40-41-42-44-46-48-50-52-59(62)68-57(56-67-69(63,64)66-54-53-60(3,4)5)55-65-58(61)51-49-47-45-43-17-15-13-11-9-7-2/h8,10-11,13-14,16,19-20,22-23,25-26,28-29,31-32,34-35,57H,6-7,9,12,15,17-18,21,24,27,30,33,36-56H2,1-5H3/b10-8-,13-11-,16-14-,20-19-,23-22-,26-25-,29-28-,32-31-,35-34-. The van der Waals surface area contributed by atoms with Crippen LogP contribution in [0.1, 0.15) is 200 Å². The van der Waals surface area contributed by atoms with Gasteiger partial charge in [0.25, 0.3) is 7.82 Å². The van der Waals surface area contributed by atoms with E-state index < -0.39 is 32.5 Å². The summed E-state index contributed by atoms with van der Waals surface area (Å²) in [5.41, 5.74) is 0. The monoisotopic (exact) mass is 982 g/mol. The summed E-state index contributed by atoms with van der Waals surface area (Å²) in [5.74, 6) is -0.859. The number of quaternary nitrogens is 1. The van der Waals surface area contributed by atoms with E-state index in [2.05, 4.69) is 123 Å². The summed E-state index contributed by atoms with van der Waals surface area (Å²) in [6.07, 6.45) is 68.6. The summed E-state index contributed by atoms with van der Waals surface area (Å²) in [7, 11) is 1.14. The number of phosphoric ester groups is 1. The highest BCUT2D eigenvalue weighted by Gasteiger charge is 2.21. The van der Waals surface area contributed by atoms with Gasteiger partial charge in [-0.1, -0.05) is 200 Å². The number of hydrogen-bond donors (Lipinski definition) is 0. The number of esters is 2. The first-order valence-corrected chi connectivity index (χ1v) is 28.6. The molecule has 0 aliphatic carbocycles. The van der Waals surface area contributed by atoms with Crippen molar-refractivity contribution in [3.8, 4) is 0 Å². The molecule has 0 heterocycles. The molecule has 0 bridgehead atoms. The lowest BCUT2D eigenvalue weighted by Crippen LogP contribution is -2.37. The van der Waals surface area contributed by atoms with Gasteiger partial charge in [0.15, 0.2) is 6.10 Å². The Hall–Kier alpha value is -3.33. The van der Waals surface area contributed by atoms with Crippen LogP contribution >= 0.6 is 7.82 Å². The fourth-order valence-electron chi connectivity index (χ4n) is 6.85. The number of unbranched alkanes of at least 4 members (excludes halogenated alkanes) is 16. The number of carbonyl (C=O) groups excluding carboxylic acids is 2. The van der Waals surface area contributed by atoms with E-state index in [-0.39, 0.29) is 26.1 Å². The highest BCUT2D eigenvalue weighted by atomic mass is 31.2. The number of rotatable bonds is 48. The van der Waals surface area contributed by atoms with Gasteiger partial charge in [0.1, 0.15) is 19.8 Å². The van der Waals surface area contributed by atoms with Gasteiger partial charge in [0.05, 0.1) is 27.7 Å². The average Bonchev–Trinajstić information content (AvgIpc) is 3.31. The Balaban J connectivity index is 4.09. The number of hydrogen-bond acceptors (Lipinski definition) is 8. The first-order chi connectivity index (χ1) is 33.5. The molecule has 0 aliphatic heterocycles. The number of carbonyl (C=O) groups is 2. The van der Waals surface area contributed by atoms with E-state index in [0.29, 0.717) is 23.9 Å². The van der Waals surface area contributed by atoms with E-state index in [4.69, 9.17) is 18.5 Å². The third kappa shape index (κ3) is 53.9. The second-order valence-corrected chi connectivity index (χ2v) is 20.3. The van der Waals surface area contributed by atoms with Crippen molar-refractivity contribution in [2.75, 3.05) is 47.5 Å². The molecule has 0 N–H and O–H groups in total. The van der Waals surface area contributed by atoms with Crippen LogP contribution in [0, 0.1) is 0 Å². The molecule has 2 atom stereocenters. The molecule has 0 radical (unpaired) electrons. The summed E-state index contributed by atoms with van der Waals surface area (Å²) in [4.78, 5) is 37.6. The molecule has 0 rings (SSSR count). The average molecular weight is 982 g/mol. The Morgan fingerprint density at radius 3 is 1.25 bits per heavy atom. The maximum Gasteiger partial charge on any atom is 0.306 e. The molecule has 0 saturated heterocycles. The summed E-state index contributed by atoms with van der Waals surface area (Å²) in [6.45, 7) is 4.02. The lowest BCUT2D eigenvalue weighted by atomic mass is 10.0. The van der Waals surface area contributed by atoms with Crippen LogP contribution in [0.5, 0.6) is 0 Å². The number of likely N-dealkylation sites (N-methyl/N-ethyl adjacent to an activating group) is 1. The molecule has 69 heavy (non-hydrogen) atoms. The molecule has 0 spiro atoms. The van der Waals surface area contributed by atoms with Gasteiger partial charge in [-0.05, 0) is 96.3 Å². The predicted molar refractivity (Wildman–Crippen MR) is 291 cm³/mol. The molecule has 0 aromatic rings. The number of allylic oxidation sites excluding steroid dienone is 18. The topological polar surface area (TPSA) is 111 Å². The molecule has 10 heteroatoms. The molecule has 0 fully saturated rings. The van der Waals surface area contributed by atoms with Gasteiger partial charge in [-0.25, -0.2) is 0 Å². The number of nitrogens with zero attached hydrogens (tertiary/aromatic N) is 1. The van der Waals surface area contributed by atoms with Gasteiger partial charge in [-0.2, -0.15) is 0 Å². The van der Waals surface area contributed by atoms with Crippen LogP contribution in [-0.4, -0.2) is 70.0 Å². The minimum Gasteiger partial charge on any atom is -0.756 e. The van der Waals surface area contributed by atoms with E-state index in [9.17, 15) is 19.0 Å². The Kier molecular flexibility index (Phi) is 47.2. The minimum absolute atomic E-state index is 0.0378. The molecule has 0 aromatic carbocycles.